The number of piperazine rings is 2. The molecule has 0 aliphatic carbocycles. The summed E-state index contributed by atoms with van der Waals surface area (Å²) in [5.74, 6) is -5.98. The smallest absolute Gasteiger partial charge is 0.410 e. The normalized spacial score (nSPS) is 29.3. The first kappa shape index (κ1) is 38.8. The van der Waals surface area contributed by atoms with E-state index in [1.54, 1.807) is 52.5 Å². The summed E-state index contributed by atoms with van der Waals surface area (Å²) in [7, 11) is 0. The van der Waals surface area contributed by atoms with E-state index in [9.17, 15) is 39.0 Å². The van der Waals surface area contributed by atoms with Crippen LogP contribution in [-0.4, -0.2) is 143 Å². The molecule has 0 aromatic carbocycles. The molecule has 0 spiro atoms. The highest BCUT2D eigenvalue weighted by Gasteiger charge is 2.54. The summed E-state index contributed by atoms with van der Waals surface area (Å²) in [5.41, 5.74) is -0.641. The number of rotatable bonds is 6. The molecule has 278 valence electrons. The predicted molar refractivity (Wildman–Crippen MR) is 176 cm³/mol. The van der Waals surface area contributed by atoms with Gasteiger partial charge in [0.15, 0.2) is 0 Å². The second kappa shape index (κ2) is 15.5. The minimum atomic E-state index is -1.29. The third-order valence-electron chi connectivity index (χ3n) is 9.42. The lowest BCUT2D eigenvalue weighted by Crippen LogP contribution is -2.54. The molecule has 5 aliphatic heterocycles. The quantitative estimate of drug-likeness (QED) is 0.377. The standard InChI is InChI=1S/C18H28N2O5.C17H24N2O6/c1-5-13-15(17(23)24)12(11-25-13)16(22)20-8-6-19(7-9-20)14(21)10-18(2,3)4;1-17(2,3)25-16(23)19-8-6-18(7-9-19)14(20)12-10-4-5-11(24-10)13(12)15(21)22/h5,12-13,15H,1,6-11H2,2-4H3,(H,23,24);4-5,10-13H,6-9H2,1-3H3,(H,21,22)/p-1/t12?,13-,15?;10-,11+,12?,13?/m10/s1. The summed E-state index contributed by atoms with van der Waals surface area (Å²) in [6, 6.07) is 0. The Kier molecular flexibility index (Phi) is 12.0. The summed E-state index contributed by atoms with van der Waals surface area (Å²) < 4.78 is 16.3. The number of carboxylic acid groups (broad SMARTS) is 2. The van der Waals surface area contributed by atoms with Gasteiger partial charge in [-0.15, -0.1) is 6.58 Å². The van der Waals surface area contributed by atoms with E-state index in [1.165, 1.54) is 6.08 Å². The van der Waals surface area contributed by atoms with Gasteiger partial charge in [-0.2, -0.15) is 0 Å². The molecule has 4 unspecified atom stereocenters. The van der Waals surface area contributed by atoms with Crippen molar-refractivity contribution in [1.82, 2.24) is 19.6 Å². The van der Waals surface area contributed by atoms with Crippen molar-refractivity contribution < 1.29 is 53.2 Å². The Labute approximate surface area is 293 Å². The highest BCUT2D eigenvalue weighted by Crippen LogP contribution is 2.40. The molecule has 4 fully saturated rings. The van der Waals surface area contributed by atoms with E-state index >= 15 is 0 Å². The van der Waals surface area contributed by atoms with Crippen LogP contribution in [0.4, 0.5) is 4.79 Å². The Hall–Kier alpha value is -3.98. The Bertz CT molecular complexity index is 1340. The first-order valence-corrected chi connectivity index (χ1v) is 17.2. The third-order valence-corrected chi connectivity index (χ3v) is 9.42. The maximum Gasteiger partial charge on any atom is 0.410 e. The van der Waals surface area contributed by atoms with Gasteiger partial charge in [0.1, 0.15) is 11.5 Å². The van der Waals surface area contributed by atoms with Crippen molar-refractivity contribution in [1.29, 1.82) is 0 Å². The molecule has 4 saturated heterocycles. The van der Waals surface area contributed by atoms with Crippen molar-refractivity contribution in [2.75, 3.05) is 59.0 Å². The molecule has 0 aromatic rings. The van der Waals surface area contributed by atoms with Crippen LogP contribution in [0.1, 0.15) is 48.0 Å². The fourth-order valence-electron chi connectivity index (χ4n) is 6.91. The molecule has 4 amide bonds. The molecule has 2 bridgehead atoms. The van der Waals surface area contributed by atoms with E-state index in [2.05, 4.69) is 6.58 Å². The number of hydrogen-bond donors (Lipinski definition) is 1. The van der Waals surface area contributed by atoms with Crippen LogP contribution in [0.2, 0.25) is 0 Å². The minimum absolute atomic E-state index is 0.0529. The fourth-order valence-corrected chi connectivity index (χ4v) is 6.91. The van der Waals surface area contributed by atoms with Crippen molar-refractivity contribution >= 4 is 35.8 Å². The molecule has 5 heterocycles. The molecule has 50 heavy (non-hydrogen) atoms. The highest BCUT2D eigenvalue weighted by atomic mass is 16.6. The topological polar surface area (TPSA) is 186 Å². The molecular formula is C35H51N4O11-. The number of carbonyl (C=O) groups is 6. The lowest BCUT2D eigenvalue weighted by molar-refractivity contribution is -0.313. The number of nitrogens with zero attached hydrogens (tertiary/aromatic N) is 4. The third kappa shape index (κ3) is 9.22. The summed E-state index contributed by atoms with van der Waals surface area (Å²) in [6.45, 7) is 18.3. The Morgan fingerprint density at radius 1 is 0.800 bits per heavy atom. The van der Waals surface area contributed by atoms with Crippen molar-refractivity contribution in [3.05, 3.63) is 24.8 Å². The van der Waals surface area contributed by atoms with Crippen LogP contribution in [0.25, 0.3) is 0 Å². The van der Waals surface area contributed by atoms with Crippen LogP contribution in [0.5, 0.6) is 0 Å². The van der Waals surface area contributed by atoms with E-state index in [4.69, 9.17) is 14.2 Å². The number of fused-ring (bicyclic) bond motifs is 2. The molecule has 0 aromatic heterocycles. The largest absolute Gasteiger partial charge is 0.550 e. The fraction of sp³-hybridized carbons (Fsp3) is 0.714. The van der Waals surface area contributed by atoms with Gasteiger partial charge >= 0.3 is 12.1 Å². The van der Waals surface area contributed by atoms with Gasteiger partial charge in [0.2, 0.25) is 17.7 Å². The Morgan fingerprint density at radius 3 is 1.78 bits per heavy atom. The number of carboxylic acids is 2. The average molecular weight is 704 g/mol. The minimum Gasteiger partial charge on any atom is -0.550 e. The van der Waals surface area contributed by atoms with Gasteiger partial charge in [-0.25, -0.2) is 4.79 Å². The molecule has 5 rings (SSSR count). The van der Waals surface area contributed by atoms with Gasteiger partial charge in [0.05, 0.1) is 36.8 Å². The number of carbonyl (C=O) groups excluding carboxylic acids is 5. The van der Waals surface area contributed by atoms with Crippen molar-refractivity contribution in [2.24, 2.45) is 29.1 Å². The Morgan fingerprint density at radius 2 is 1.30 bits per heavy atom. The summed E-state index contributed by atoms with van der Waals surface area (Å²) in [6.07, 6.45) is 3.25. The van der Waals surface area contributed by atoms with Crippen LogP contribution in [0, 0.1) is 29.1 Å². The maximum atomic E-state index is 12.8. The van der Waals surface area contributed by atoms with Gasteiger partial charge in [-0.1, -0.05) is 39.0 Å². The van der Waals surface area contributed by atoms with Crippen LogP contribution >= 0.6 is 0 Å². The molecule has 15 nitrogen and oxygen atoms in total. The van der Waals surface area contributed by atoms with Crippen LogP contribution in [0.3, 0.4) is 0 Å². The van der Waals surface area contributed by atoms with Gasteiger partial charge in [-0.05, 0) is 26.2 Å². The monoisotopic (exact) mass is 703 g/mol. The van der Waals surface area contributed by atoms with Crippen LogP contribution in [0.15, 0.2) is 24.8 Å². The number of hydrogen-bond acceptors (Lipinski definition) is 10. The molecule has 0 radical (unpaired) electrons. The number of ether oxygens (including phenoxy) is 3. The number of aliphatic carboxylic acids is 2. The van der Waals surface area contributed by atoms with Crippen molar-refractivity contribution in [3.63, 3.8) is 0 Å². The van der Waals surface area contributed by atoms with E-state index in [-0.39, 0.29) is 29.7 Å². The van der Waals surface area contributed by atoms with Gasteiger partial charge < -0.3 is 48.8 Å². The molecular weight excluding hydrogens is 652 g/mol. The van der Waals surface area contributed by atoms with Gasteiger partial charge in [0.25, 0.3) is 0 Å². The SMILES string of the molecule is C=C[C@H]1OCC(C(=O)N2CCN(C(=O)CC(C)(C)C)CC2)C1C(=O)[O-].CC(C)(C)OC(=O)N1CCN(C(=O)C2C(C(=O)O)[C@H]3C=C[C@@H]2O3)CC1. The van der Waals surface area contributed by atoms with E-state index in [0.29, 0.717) is 58.8 Å². The lowest BCUT2D eigenvalue weighted by Gasteiger charge is -2.37. The molecule has 15 heteroatoms. The maximum absolute atomic E-state index is 12.8. The van der Waals surface area contributed by atoms with E-state index < -0.39 is 65.6 Å². The van der Waals surface area contributed by atoms with E-state index in [1.807, 2.05) is 20.8 Å². The van der Waals surface area contributed by atoms with Crippen molar-refractivity contribution in [2.45, 2.75) is 71.9 Å². The predicted octanol–water partition coefficient (Wildman–Crippen LogP) is 0.380. The summed E-state index contributed by atoms with van der Waals surface area (Å²) >= 11 is 0. The molecule has 0 saturated carbocycles. The summed E-state index contributed by atoms with van der Waals surface area (Å²) in [4.78, 5) is 79.4. The molecule has 1 N–H and O–H groups in total. The molecule has 7 atom stereocenters. The van der Waals surface area contributed by atoms with Crippen LogP contribution < -0.4 is 5.11 Å². The van der Waals surface area contributed by atoms with Gasteiger partial charge in [0, 0.05) is 70.7 Å². The zero-order valence-electron chi connectivity index (χ0n) is 29.9. The zero-order chi connectivity index (χ0) is 37.1. The van der Waals surface area contributed by atoms with E-state index in [0.717, 1.165) is 0 Å². The highest BCUT2D eigenvalue weighted by molar-refractivity contribution is 5.88. The lowest BCUT2D eigenvalue weighted by atomic mass is 9.82. The van der Waals surface area contributed by atoms with Crippen LogP contribution in [-0.2, 0) is 38.2 Å². The average Bonchev–Trinajstić information content (AvgIpc) is 3.78. The summed E-state index contributed by atoms with van der Waals surface area (Å²) in [5, 5.41) is 20.8. The second-order valence-corrected chi connectivity index (χ2v) is 15.6. The number of amides is 4. The second-order valence-electron chi connectivity index (χ2n) is 15.6. The van der Waals surface area contributed by atoms with Gasteiger partial charge in [-0.3, -0.25) is 19.2 Å². The molecule has 5 aliphatic rings. The Balaban J connectivity index is 0.000000225. The first-order chi connectivity index (χ1) is 23.3. The zero-order valence-corrected chi connectivity index (χ0v) is 29.9. The van der Waals surface area contributed by atoms with Crippen molar-refractivity contribution in [3.8, 4) is 0 Å². The first-order valence-electron chi connectivity index (χ1n) is 17.2.